The maximum absolute atomic E-state index is 13.4. The molecule has 0 spiro atoms. The van der Waals surface area contributed by atoms with Crippen LogP contribution in [0, 0.1) is 0 Å². The molecule has 0 saturated carbocycles. The summed E-state index contributed by atoms with van der Waals surface area (Å²) in [6.07, 6.45) is -123. The Morgan fingerprint density at radius 2 is 0.703 bits per heavy atom. The van der Waals surface area contributed by atoms with Gasteiger partial charge in [-0.1, -0.05) is 0 Å². The number of ether oxygens (including phenoxy) is 19. The lowest BCUT2D eigenvalue weighted by Gasteiger charge is -2.52. The summed E-state index contributed by atoms with van der Waals surface area (Å²) in [5.41, 5.74) is 0. The summed E-state index contributed by atoms with van der Waals surface area (Å²) in [6, 6.07) is -1.84. The Kier molecular flexibility index (Phi) is 37.4. The molecule has 10 aliphatic rings. The van der Waals surface area contributed by atoms with Gasteiger partial charge in [0.1, 0.15) is 250 Å². The third kappa shape index (κ3) is 22.4. The molecule has 10 rings (SSSR count). The van der Waals surface area contributed by atoms with Crippen LogP contribution in [0.5, 0.6) is 0 Å². The van der Waals surface area contributed by atoms with E-state index in [1.54, 1.807) is 0 Å². The zero-order valence-corrected chi connectivity index (χ0v) is 67.0. The van der Waals surface area contributed by atoms with Gasteiger partial charge in [0.25, 0.3) is 11.6 Å². The van der Waals surface area contributed by atoms with E-state index in [0.29, 0.717) is 0 Å². The first-order chi connectivity index (χ1) is 60.3. The second-order valence-electron chi connectivity index (χ2n) is 32.2. The summed E-state index contributed by atoms with van der Waals surface area (Å²) in [4.78, 5) is 38.7. The number of rotatable bonds is 36. The first kappa shape index (κ1) is 106. The highest BCUT2D eigenvalue weighted by Gasteiger charge is 2.65. The number of amides is 1. The number of carboxylic acids is 2. The van der Waals surface area contributed by atoms with Gasteiger partial charge in [0, 0.05) is 19.8 Å². The zero-order valence-electron chi connectivity index (χ0n) is 67.0. The Morgan fingerprint density at radius 3 is 1.17 bits per heavy atom. The molecule has 0 aromatic carbocycles. The van der Waals surface area contributed by atoms with Crippen molar-refractivity contribution in [3.05, 3.63) is 0 Å². The molecule has 0 bridgehead atoms. The number of nitrogens with one attached hydrogen (secondary N) is 1. The van der Waals surface area contributed by atoms with Gasteiger partial charge >= 0.3 is 11.9 Å². The molecular formula is C69H115NO58. The molecule has 1 amide bonds. The van der Waals surface area contributed by atoms with E-state index in [1.807, 2.05) is 0 Å². The fourth-order valence-electron chi connectivity index (χ4n) is 16.2. The third-order valence-corrected chi connectivity index (χ3v) is 23.4. The summed E-state index contributed by atoms with van der Waals surface area (Å²) < 4.78 is 110. The monoisotopic (exact) mass is 1890 g/mol. The van der Waals surface area contributed by atoms with Crippen molar-refractivity contribution < 1.29 is 288 Å². The van der Waals surface area contributed by atoms with Gasteiger partial charge < -0.3 is 279 Å². The summed E-state index contributed by atoms with van der Waals surface area (Å²) in [6.45, 7) is -11.9. The maximum Gasteiger partial charge on any atom is 0.364 e. The van der Waals surface area contributed by atoms with Crippen LogP contribution >= 0.6 is 0 Å². The zero-order chi connectivity index (χ0) is 94.8. The van der Waals surface area contributed by atoms with Crippen LogP contribution in [-0.2, 0) is 104 Å². The third-order valence-electron chi connectivity index (χ3n) is 23.4. The smallest absolute Gasteiger partial charge is 0.364 e. The maximum atomic E-state index is 13.4. The highest BCUT2D eigenvalue weighted by molar-refractivity contribution is 5.77. The molecule has 59 heteroatoms. The number of carboxylic acid groups (broad SMARTS) is 2. The quantitative estimate of drug-likeness (QED) is 0.0277. The molecule has 37 N–H and O–H groups in total. The van der Waals surface area contributed by atoms with Gasteiger partial charge in [-0.3, -0.25) is 4.79 Å². The molecule has 53 atom stereocenters. The number of aliphatic hydroxyl groups is 34. The SMILES string of the molecule is CC(=O)N[C@H]1[C@@H](O[C@H]2[C@@H](O[C@H]3[C@@H](O[C@H]4[C@@H](O)[C@@H](CO[C@H]5O[C@H](CO)[C@H](O)[C@H](O)[C@H]5O)O[C@H](O[C@@H]5[C@H](O)[C@@H](O[C@@H]6[C@H](O)[C@@H](O[C@H]7[C@@H]([C@H](O)CO)O[C@@](O)(C(=O)O)C[C@H]7O[C@]7(C(=O)O)C[C@@H](O)[C@@H](O)[C@@H]([C@H](O)CO)O7)O[C@H]([C@@H](O)CO)[C@H]6O)O[C@H]([C@@H](O)CO[C@H]6O[C@H]([C@@H](O)CO)[C@@H](O)[C@H](O)[C@@H]6O)[C@H]5O)[C@@H]4O)O[C@H](CO)[C@H](O)[C@@H]3O)O[C@H](CO)[C@@H](O)[C@@H]2O)O[C@H](CO)[C@@H](O)[C@@H]1O. The molecule has 0 aromatic rings. The van der Waals surface area contributed by atoms with Crippen molar-refractivity contribution in [1.82, 2.24) is 5.32 Å². The standard InChI is InChI=1S/C69H115NO58/c1-14(79)70-27-34(92)29(87)22(8-75)112-58(27)124-56-37(95)31(89)25(11-78)115-65(56)125-57-38(96)32(90)24(10-77)114-64(57)123-53-33(91)26(13-111-59-40(98)35(93)30(88)23(9-76)113-59)116-61(44(53)102)121-55-43(101)49(20(85)12-110-60-41(99)36(94)39(97)47(117-60)16(81)4-71)119-63(46(55)104)122-54-42(100)48(17(82)5-72)118-62(45(54)103)120-52-21(3-68(109,66(105)106)127-51(52)19(84)7-74)126-69(67(107)108)2-15(80)28(86)50(128-69)18(83)6-73/h15-65,71-78,80-104,109H,2-13H2,1H3,(H,70,79)(H,105,106)(H,107,108)/t15-,16+,17+,18-,19-,20+,21-,22-,23-,24-,25-,26-,27-,28-,29-,30+,31-,32+,33+,34-,35+,36+,37+,38+,39+,40-,41+,42-,43-,44-,45+,46+,47-,48-,49-,50-,51-,52-,53+,54+,55+,56-,57-,58-,59+,60+,61-,62-,63-,64-,65-,68-,69-/m1/s1. The molecule has 0 aliphatic carbocycles. The summed E-state index contributed by atoms with van der Waals surface area (Å²) in [5.74, 6) is -12.7. The number of hydrogen-bond donors (Lipinski definition) is 37. The number of carbonyl (C=O) groups is 3. The minimum atomic E-state index is -3.68. The van der Waals surface area contributed by atoms with E-state index in [4.69, 9.17) is 90.0 Å². The minimum Gasteiger partial charge on any atom is -0.477 e. The van der Waals surface area contributed by atoms with E-state index < -0.39 is 421 Å². The fourth-order valence-corrected chi connectivity index (χ4v) is 16.2. The normalized spacial score (nSPS) is 49.3. The lowest BCUT2D eigenvalue weighted by atomic mass is 9.89. The Balaban J connectivity index is 1.04. The number of hydrogen-bond acceptors (Lipinski definition) is 56. The molecule has 10 heterocycles. The highest BCUT2D eigenvalue weighted by atomic mass is 16.8. The van der Waals surface area contributed by atoms with Gasteiger partial charge in [-0.25, -0.2) is 9.59 Å². The molecule has 10 aliphatic heterocycles. The average Bonchev–Trinajstić information content (AvgIpc) is 0.771. The predicted molar refractivity (Wildman–Crippen MR) is 382 cm³/mol. The largest absolute Gasteiger partial charge is 0.477 e. The Bertz CT molecular complexity index is 3450. The van der Waals surface area contributed by atoms with Crippen molar-refractivity contribution in [2.75, 3.05) is 66.1 Å². The van der Waals surface area contributed by atoms with Crippen molar-refractivity contribution in [1.29, 1.82) is 0 Å². The second kappa shape index (κ2) is 45.1. The number of aliphatic carboxylic acids is 2. The van der Waals surface area contributed by atoms with Crippen LogP contribution in [0.3, 0.4) is 0 Å². The molecule has 744 valence electrons. The van der Waals surface area contributed by atoms with Crippen LogP contribution in [0.1, 0.15) is 19.8 Å². The minimum absolute atomic E-state index is 0.916. The van der Waals surface area contributed by atoms with Gasteiger partial charge in [0.05, 0.1) is 78.3 Å². The average molecular weight is 1890 g/mol. The molecule has 10 saturated heterocycles. The first-order valence-electron chi connectivity index (χ1n) is 40.0. The van der Waals surface area contributed by atoms with Crippen molar-refractivity contribution >= 4 is 17.8 Å². The topological polar surface area (TPSA) is 967 Å². The number of carbonyl (C=O) groups excluding carboxylic acids is 1. The summed E-state index contributed by atoms with van der Waals surface area (Å²) in [7, 11) is 0. The van der Waals surface area contributed by atoms with E-state index in [2.05, 4.69) is 5.32 Å². The van der Waals surface area contributed by atoms with Gasteiger partial charge in [-0.2, -0.15) is 0 Å². The van der Waals surface area contributed by atoms with Gasteiger partial charge in [0.15, 0.2) is 50.3 Å². The lowest BCUT2D eigenvalue weighted by molar-refractivity contribution is -0.412. The van der Waals surface area contributed by atoms with E-state index in [0.717, 1.165) is 6.92 Å². The van der Waals surface area contributed by atoms with Crippen LogP contribution in [0.25, 0.3) is 0 Å². The molecule has 0 aromatic heterocycles. The van der Waals surface area contributed by atoms with Gasteiger partial charge in [-0.05, 0) is 0 Å². The molecule has 59 nitrogen and oxygen atoms in total. The van der Waals surface area contributed by atoms with Crippen molar-refractivity contribution in [3.63, 3.8) is 0 Å². The summed E-state index contributed by atoms with van der Waals surface area (Å²) in [5, 5.41) is 402. The van der Waals surface area contributed by atoms with Crippen molar-refractivity contribution in [2.45, 2.75) is 344 Å². The summed E-state index contributed by atoms with van der Waals surface area (Å²) >= 11 is 0. The van der Waals surface area contributed by atoms with Crippen LogP contribution in [0.2, 0.25) is 0 Å². The predicted octanol–water partition coefficient (Wildman–Crippen LogP) is -24.9. The van der Waals surface area contributed by atoms with Crippen LogP contribution in [-0.4, -0.2) is 592 Å². The Hall–Kier alpha value is -3.71. The van der Waals surface area contributed by atoms with Crippen molar-refractivity contribution in [3.8, 4) is 0 Å². The molecule has 0 radical (unpaired) electrons. The Labute approximate surface area is 719 Å². The number of aliphatic hydroxyl groups excluding tert-OH is 33. The van der Waals surface area contributed by atoms with E-state index in [9.17, 15) is 198 Å². The van der Waals surface area contributed by atoms with Crippen LogP contribution in [0.15, 0.2) is 0 Å². The second-order valence-corrected chi connectivity index (χ2v) is 32.2. The highest BCUT2D eigenvalue weighted by Crippen LogP contribution is 2.45. The lowest BCUT2D eigenvalue weighted by Crippen LogP contribution is -2.70. The Morgan fingerprint density at radius 1 is 0.336 bits per heavy atom. The molecule has 128 heavy (non-hydrogen) atoms. The van der Waals surface area contributed by atoms with E-state index in [-0.39, 0.29) is 0 Å². The van der Waals surface area contributed by atoms with Crippen LogP contribution < -0.4 is 5.32 Å². The molecule has 10 fully saturated rings. The van der Waals surface area contributed by atoms with Gasteiger partial charge in [-0.15, -0.1) is 0 Å². The fraction of sp³-hybridized carbons (Fsp3) is 0.957. The van der Waals surface area contributed by atoms with Gasteiger partial charge in [0.2, 0.25) is 5.91 Å². The molecular weight excluding hydrogens is 1770 g/mol. The first-order valence-corrected chi connectivity index (χ1v) is 40.0. The van der Waals surface area contributed by atoms with E-state index in [1.165, 1.54) is 0 Å². The molecule has 0 unspecified atom stereocenters. The van der Waals surface area contributed by atoms with Crippen LogP contribution in [0.4, 0.5) is 0 Å². The van der Waals surface area contributed by atoms with Crippen molar-refractivity contribution in [2.24, 2.45) is 0 Å². The van der Waals surface area contributed by atoms with E-state index >= 15 is 0 Å².